The van der Waals surface area contributed by atoms with E-state index in [2.05, 4.69) is 10.3 Å². The minimum absolute atomic E-state index is 0.148. The number of nitrogens with zero attached hydrogens (tertiary/aromatic N) is 1. The number of amides is 2. The van der Waals surface area contributed by atoms with E-state index in [1.54, 1.807) is 24.3 Å². The molecule has 132 valence electrons. The monoisotopic (exact) mass is 379 g/mol. The Bertz CT molecular complexity index is 794. The van der Waals surface area contributed by atoms with Gasteiger partial charge in [0.2, 0.25) is 5.91 Å². The summed E-state index contributed by atoms with van der Waals surface area (Å²) in [5.41, 5.74) is 6.91. The second-order valence-corrected chi connectivity index (χ2v) is 6.96. The third-order valence-electron chi connectivity index (χ3n) is 3.58. The maximum atomic E-state index is 12.5. The number of nitrogens with one attached hydrogen (secondary N) is 1. The highest BCUT2D eigenvalue weighted by Gasteiger charge is 2.21. The van der Waals surface area contributed by atoms with Gasteiger partial charge in [0.1, 0.15) is 11.7 Å². The van der Waals surface area contributed by atoms with Crippen LogP contribution in [0.4, 0.5) is 0 Å². The summed E-state index contributed by atoms with van der Waals surface area (Å²) >= 11 is 12.2. The van der Waals surface area contributed by atoms with E-state index in [4.69, 9.17) is 28.9 Å². The summed E-state index contributed by atoms with van der Waals surface area (Å²) in [6, 6.07) is 7.93. The van der Waals surface area contributed by atoms with E-state index in [0.29, 0.717) is 22.0 Å². The first-order valence-electron chi connectivity index (χ1n) is 7.79. The molecule has 1 atom stereocenters. The molecule has 7 heteroatoms. The van der Waals surface area contributed by atoms with Gasteiger partial charge in [-0.15, -0.1) is 0 Å². The number of primary amides is 1. The Morgan fingerprint density at radius 2 is 1.96 bits per heavy atom. The van der Waals surface area contributed by atoms with Crippen molar-refractivity contribution in [1.82, 2.24) is 10.3 Å². The number of rotatable bonds is 6. The van der Waals surface area contributed by atoms with Gasteiger partial charge in [-0.25, -0.2) is 4.98 Å². The van der Waals surface area contributed by atoms with Gasteiger partial charge in [0.15, 0.2) is 0 Å². The molecule has 2 rings (SSSR count). The largest absolute Gasteiger partial charge is 0.368 e. The average molecular weight is 380 g/mol. The third kappa shape index (κ3) is 5.18. The first kappa shape index (κ1) is 19.2. The quantitative estimate of drug-likeness (QED) is 0.802. The molecule has 1 unspecified atom stereocenters. The molecule has 2 aromatic rings. The van der Waals surface area contributed by atoms with Crippen molar-refractivity contribution in [3.05, 3.63) is 52.3 Å². The molecule has 0 aliphatic heterocycles. The molecule has 0 aliphatic carbocycles. The van der Waals surface area contributed by atoms with E-state index in [-0.39, 0.29) is 11.6 Å². The zero-order valence-electron chi connectivity index (χ0n) is 13.9. The van der Waals surface area contributed by atoms with Gasteiger partial charge in [0.25, 0.3) is 5.91 Å². The summed E-state index contributed by atoms with van der Waals surface area (Å²) in [5, 5.41) is 3.58. The Balaban J connectivity index is 2.29. The van der Waals surface area contributed by atoms with Crippen LogP contribution in [0, 0.1) is 5.92 Å². The lowest BCUT2D eigenvalue weighted by Crippen LogP contribution is -2.45. The number of hydrogen-bond acceptors (Lipinski definition) is 3. The molecule has 0 spiro atoms. The molecule has 5 nitrogen and oxygen atoms in total. The van der Waals surface area contributed by atoms with Gasteiger partial charge < -0.3 is 11.1 Å². The minimum Gasteiger partial charge on any atom is -0.368 e. The van der Waals surface area contributed by atoms with E-state index in [1.165, 1.54) is 6.20 Å². The van der Waals surface area contributed by atoms with Gasteiger partial charge in [-0.05, 0) is 36.1 Å². The van der Waals surface area contributed by atoms with Gasteiger partial charge in [0.05, 0.1) is 5.02 Å². The predicted molar refractivity (Wildman–Crippen MR) is 99.6 cm³/mol. The highest BCUT2D eigenvalue weighted by Crippen LogP contribution is 2.29. The van der Waals surface area contributed by atoms with E-state index >= 15 is 0 Å². The highest BCUT2D eigenvalue weighted by molar-refractivity contribution is 6.33. The van der Waals surface area contributed by atoms with Crippen LogP contribution < -0.4 is 11.1 Å². The molecular weight excluding hydrogens is 361 g/mol. The van der Waals surface area contributed by atoms with Crippen LogP contribution in [0.25, 0.3) is 11.1 Å². The number of halogens is 2. The van der Waals surface area contributed by atoms with Gasteiger partial charge in [-0.3, -0.25) is 9.59 Å². The van der Waals surface area contributed by atoms with Crippen LogP contribution in [0.3, 0.4) is 0 Å². The number of benzene rings is 1. The fourth-order valence-corrected chi connectivity index (χ4v) is 2.79. The molecule has 1 aromatic heterocycles. The summed E-state index contributed by atoms with van der Waals surface area (Å²) in [6.45, 7) is 3.89. The van der Waals surface area contributed by atoms with Crippen LogP contribution in [0.5, 0.6) is 0 Å². The lowest BCUT2D eigenvalue weighted by molar-refractivity contribution is -0.120. The first-order chi connectivity index (χ1) is 11.8. The SMILES string of the molecule is CC(C)CC(NC(=O)c1cc(-c2cccc(Cl)c2)c(Cl)cn1)C(N)=O. The molecule has 0 saturated heterocycles. The molecule has 0 fully saturated rings. The van der Waals surface area contributed by atoms with E-state index in [9.17, 15) is 9.59 Å². The molecule has 0 saturated carbocycles. The Morgan fingerprint density at radius 3 is 2.56 bits per heavy atom. The average Bonchev–Trinajstić information content (AvgIpc) is 2.54. The highest BCUT2D eigenvalue weighted by atomic mass is 35.5. The molecule has 0 radical (unpaired) electrons. The van der Waals surface area contributed by atoms with Gasteiger partial charge in [-0.1, -0.05) is 49.2 Å². The molecule has 1 heterocycles. The summed E-state index contributed by atoms with van der Waals surface area (Å²) in [6.07, 6.45) is 1.85. The van der Waals surface area contributed by atoms with Crippen LogP contribution >= 0.6 is 23.2 Å². The van der Waals surface area contributed by atoms with E-state index < -0.39 is 17.9 Å². The zero-order chi connectivity index (χ0) is 18.6. The van der Waals surface area contributed by atoms with E-state index in [0.717, 1.165) is 5.56 Å². The summed E-state index contributed by atoms with van der Waals surface area (Å²) in [4.78, 5) is 28.0. The Labute approximate surface area is 156 Å². The van der Waals surface area contributed by atoms with Crippen LogP contribution in [-0.2, 0) is 4.79 Å². The molecule has 25 heavy (non-hydrogen) atoms. The van der Waals surface area contributed by atoms with Crippen molar-refractivity contribution in [2.45, 2.75) is 26.3 Å². The predicted octanol–water partition coefficient (Wildman–Crippen LogP) is 3.69. The standard InChI is InChI=1S/C18H19Cl2N3O2/c1-10(2)6-15(17(21)24)23-18(25)16-8-13(14(20)9-22-16)11-4-3-5-12(19)7-11/h3-5,7-10,15H,6H2,1-2H3,(H2,21,24)(H,23,25). The Hall–Kier alpha value is -2.11. The summed E-state index contributed by atoms with van der Waals surface area (Å²) in [5.74, 6) is -0.853. The lowest BCUT2D eigenvalue weighted by atomic mass is 10.0. The number of carbonyl (C=O) groups excluding carboxylic acids is 2. The molecule has 0 aliphatic rings. The first-order valence-corrected chi connectivity index (χ1v) is 8.55. The number of nitrogens with two attached hydrogens (primary N) is 1. The smallest absolute Gasteiger partial charge is 0.270 e. The zero-order valence-corrected chi connectivity index (χ0v) is 15.4. The van der Waals surface area contributed by atoms with Gasteiger partial charge in [-0.2, -0.15) is 0 Å². The Kier molecular flexibility index (Phi) is 6.39. The maximum Gasteiger partial charge on any atom is 0.270 e. The van der Waals surface area contributed by atoms with Crippen molar-refractivity contribution >= 4 is 35.0 Å². The molecule has 3 N–H and O–H groups in total. The molecule has 2 amide bonds. The molecule has 0 bridgehead atoms. The van der Waals surface area contributed by atoms with Crippen LogP contribution in [0.1, 0.15) is 30.8 Å². The number of carbonyl (C=O) groups is 2. The van der Waals surface area contributed by atoms with Gasteiger partial charge >= 0.3 is 0 Å². The second kappa shape index (κ2) is 8.32. The van der Waals surface area contributed by atoms with Crippen molar-refractivity contribution in [3.8, 4) is 11.1 Å². The maximum absolute atomic E-state index is 12.5. The van der Waals surface area contributed by atoms with Gasteiger partial charge in [0, 0.05) is 16.8 Å². The number of aromatic nitrogens is 1. The van der Waals surface area contributed by atoms with Crippen molar-refractivity contribution in [2.24, 2.45) is 11.7 Å². The fourth-order valence-electron chi connectivity index (χ4n) is 2.39. The van der Waals surface area contributed by atoms with Crippen molar-refractivity contribution in [1.29, 1.82) is 0 Å². The lowest BCUT2D eigenvalue weighted by Gasteiger charge is -2.17. The van der Waals surface area contributed by atoms with Crippen molar-refractivity contribution < 1.29 is 9.59 Å². The van der Waals surface area contributed by atoms with Crippen LogP contribution in [-0.4, -0.2) is 22.8 Å². The summed E-state index contributed by atoms with van der Waals surface area (Å²) < 4.78 is 0. The minimum atomic E-state index is -0.750. The van der Waals surface area contributed by atoms with E-state index in [1.807, 2.05) is 19.9 Å². The topological polar surface area (TPSA) is 85.1 Å². The second-order valence-electron chi connectivity index (χ2n) is 6.12. The van der Waals surface area contributed by atoms with Crippen molar-refractivity contribution in [3.63, 3.8) is 0 Å². The van der Waals surface area contributed by atoms with Crippen molar-refractivity contribution in [2.75, 3.05) is 0 Å². The number of pyridine rings is 1. The molecule has 1 aromatic carbocycles. The fraction of sp³-hybridized carbons (Fsp3) is 0.278. The Morgan fingerprint density at radius 1 is 1.24 bits per heavy atom. The normalized spacial score (nSPS) is 12.0. The van der Waals surface area contributed by atoms with Crippen LogP contribution in [0.2, 0.25) is 10.0 Å². The number of hydrogen-bond donors (Lipinski definition) is 2. The third-order valence-corrected chi connectivity index (χ3v) is 4.12. The van der Waals surface area contributed by atoms with Crippen LogP contribution in [0.15, 0.2) is 36.5 Å². The molecular formula is C18H19Cl2N3O2. The summed E-state index contributed by atoms with van der Waals surface area (Å²) in [7, 11) is 0.